The first-order chi connectivity index (χ1) is 9.04. The standard InChI is InChI=1S/C16H34N2O/c1-17(11-5-3-6-12-17)13-9-10-16(19)18(2)14-7-4-8-15-18/h16,19H,3-15H2,1-2H3/q+2. The second-order valence-electron chi connectivity index (χ2n) is 7.46. The SMILES string of the molecule is C[N+]1(CCCC(O)[N+]2(C)CCCCC2)CCCCC1. The van der Waals surface area contributed by atoms with Gasteiger partial charge >= 0.3 is 0 Å². The molecule has 112 valence electrons. The Labute approximate surface area is 119 Å². The van der Waals surface area contributed by atoms with Gasteiger partial charge in [-0.15, -0.1) is 0 Å². The lowest BCUT2D eigenvalue weighted by Crippen LogP contribution is -2.55. The summed E-state index contributed by atoms with van der Waals surface area (Å²) in [4.78, 5) is 0. The summed E-state index contributed by atoms with van der Waals surface area (Å²) >= 11 is 0. The van der Waals surface area contributed by atoms with Gasteiger partial charge < -0.3 is 14.1 Å². The highest BCUT2D eigenvalue weighted by molar-refractivity contribution is 4.57. The second kappa shape index (κ2) is 6.55. The zero-order valence-electron chi connectivity index (χ0n) is 13.1. The van der Waals surface area contributed by atoms with Gasteiger partial charge in [0, 0.05) is 12.8 Å². The first kappa shape index (κ1) is 15.3. The zero-order chi connectivity index (χ0) is 13.8. The highest BCUT2D eigenvalue weighted by Gasteiger charge is 2.33. The maximum atomic E-state index is 10.5. The molecule has 3 heteroatoms. The van der Waals surface area contributed by atoms with E-state index in [9.17, 15) is 5.11 Å². The van der Waals surface area contributed by atoms with Crippen LogP contribution in [0, 0.1) is 0 Å². The van der Waals surface area contributed by atoms with Crippen molar-refractivity contribution in [2.45, 2.75) is 57.6 Å². The van der Waals surface area contributed by atoms with E-state index in [-0.39, 0.29) is 6.23 Å². The van der Waals surface area contributed by atoms with Crippen molar-refractivity contribution < 1.29 is 14.1 Å². The quantitative estimate of drug-likeness (QED) is 0.760. The Morgan fingerprint density at radius 1 is 0.842 bits per heavy atom. The number of likely N-dealkylation sites (tertiary alicyclic amines) is 2. The lowest BCUT2D eigenvalue weighted by atomic mass is 10.1. The number of aliphatic hydroxyl groups is 1. The van der Waals surface area contributed by atoms with Crippen molar-refractivity contribution in [3.8, 4) is 0 Å². The van der Waals surface area contributed by atoms with E-state index in [1.54, 1.807) is 0 Å². The average Bonchev–Trinajstić information content (AvgIpc) is 2.40. The highest BCUT2D eigenvalue weighted by Crippen LogP contribution is 2.23. The Morgan fingerprint density at radius 3 is 1.95 bits per heavy atom. The van der Waals surface area contributed by atoms with Crippen LogP contribution in [0.1, 0.15) is 51.4 Å². The molecule has 0 aliphatic carbocycles. The van der Waals surface area contributed by atoms with Crippen molar-refractivity contribution in [2.24, 2.45) is 0 Å². The fourth-order valence-electron chi connectivity index (χ4n) is 4.00. The molecule has 1 N–H and O–H groups in total. The van der Waals surface area contributed by atoms with Crippen molar-refractivity contribution in [3.05, 3.63) is 0 Å². The van der Waals surface area contributed by atoms with E-state index in [0.29, 0.717) is 0 Å². The van der Waals surface area contributed by atoms with E-state index in [0.717, 1.165) is 10.9 Å². The summed E-state index contributed by atoms with van der Waals surface area (Å²) in [6.45, 7) is 6.31. The first-order valence-corrected chi connectivity index (χ1v) is 8.40. The van der Waals surface area contributed by atoms with Crippen LogP contribution in [-0.2, 0) is 0 Å². The van der Waals surface area contributed by atoms with Gasteiger partial charge in [0.05, 0.1) is 46.8 Å². The largest absolute Gasteiger partial charge is 0.345 e. The lowest BCUT2D eigenvalue weighted by molar-refractivity contribution is -0.959. The normalized spacial score (nSPS) is 27.9. The molecule has 2 fully saturated rings. The topological polar surface area (TPSA) is 20.2 Å². The molecule has 0 aromatic rings. The van der Waals surface area contributed by atoms with Crippen molar-refractivity contribution in [3.63, 3.8) is 0 Å². The molecule has 2 saturated heterocycles. The summed E-state index contributed by atoms with van der Waals surface area (Å²) in [5.74, 6) is 0. The van der Waals surface area contributed by atoms with Crippen LogP contribution in [0.4, 0.5) is 0 Å². The van der Waals surface area contributed by atoms with Gasteiger partial charge in [-0.05, 0) is 38.5 Å². The van der Waals surface area contributed by atoms with Crippen LogP contribution in [0.5, 0.6) is 0 Å². The Morgan fingerprint density at radius 2 is 1.37 bits per heavy atom. The smallest absolute Gasteiger partial charge is 0.190 e. The third-order valence-corrected chi connectivity index (χ3v) is 5.61. The van der Waals surface area contributed by atoms with E-state index < -0.39 is 0 Å². The molecule has 2 aliphatic rings. The second-order valence-corrected chi connectivity index (χ2v) is 7.46. The van der Waals surface area contributed by atoms with Gasteiger partial charge in [0.1, 0.15) is 0 Å². The fourth-order valence-corrected chi connectivity index (χ4v) is 4.00. The summed E-state index contributed by atoms with van der Waals surface area (Å²) in [5, 5.41) is 10.5. The molecule has 0 saturated carbocycles. The zero-order valence-corrected chi connectivity index (χ0v) is 13.1. The molecule has 0 radical (unpaired) electrons. The van der Waals surface area contributed by atoms with E-state index in [1.807, 2.05) is 0 Å². The lowest BCUT2D eigenvalue weighted by Gasteiger charge is -2.42. The van der Waals surface area contributed by atoms with Gasteiger partial charge in [-0.1, -0.05) is 0 Å². The van der Waals surface area contributed by atoms with Gasteiger partial charge in [0.15, 0.2) is 6.23 Å². The fraction of sp³-hybridized carbons (Fsp3) is 1.00. The van der Waals surface area contributed by atoms with Crippen LogP contribution >= 0.6 is 0 Å². The van der Waals surface area contributed by atoms with Crippen LogP contribution in [0.2, 0.25) is 0 Å². The third kappa shape index (κ3) is 4.17. The molecule has 3 nitrogen and oxygen atoms in total. The van der Waals surface area contributed by atoms with Gasteiger partial charge in [0.25, 0.3) is 0 Å². The number of hydrogen-bond donors (Lipinski definition) is 1. The molecule has 0 aromatic heterocycles. The summed E-state index contributed by atoms with van der Waals surface area (Å²) < 4.78 is 2.15. The van der Waals surface area contributed by atoms with Gasteiger partial charge in [0.2, 0.25) is 0 Å². The van der Waals surface area contributed by atoms with E-state index in [2.05, 4.69) is 14.1 Å². The molecule has 2 rings (SSSR count). The van der Waals surface area contributed by atoms with Crippen molar-refractivity contribution in [1.82, 2.24) is 0 Å². The predicted molar refractivity (Wildman–Crippen MR) is 79.6 cm³/mol. The molecular weight excluding hydrogens is 236 g/mol. The Bertz CT molecular complexity index is 268. The van der Waals surface area contributed by atoms with Crippen LogP contribution < -0.4 is 0 Å². The number of aliphatic hydroxyl groups excluding tert-OH is 1. The minimum absolute atomic E-state index is 0.128. The molecule has 2 aliphatic heterocycles. The van der Waals surface area contributed by atoms with Crippen LogP contribution in [0.3, 0.4) is 0 Å². The molecule has 0 bridgehead atoms. The Kier molecular flexibility index (Phi) is 5.27. The molecule has 1 atom stereocenters. The Hall–Kier alpha value is -0.120. The van der Waals surface area contributed by atoms with Crippen molar-refractivity contribution in [2.75, 3.05) is 46.8 Å². The maximum Gasteiger partial charge on any atom is 0.190 e. The molecule has 1 unspecified atom stereocenters. The molecular formula is C16H34N2O+2. The summed E-state index contributed by atoms with van der Waals surface area (Å²) in [6, 6.07) is 0. The van der Waals surface area contributed by atoms with E-state index in [4.69, 9.17) is 0 Å². The molecule has 0 amide bonds. The minimum atomic E-state index is -0.128. The van der Waals surface area contributed by atoms with Crippen LogP contribution in [-0.4, -0.2) is 67.1 Å². The monoisotopic (exact) mass is 270 g/mol. The summed E-state index contributed by atoms with van der Waals surface area (Å²) in [6.07, 6.45) is 10.2. The van der Waals surface area contributed by atoms with E-state index in [1.165, 1.54) is 82.2 Å². The third-order valence-electron chi connectivity index (χ3n) is 5.61. The number of hydrogen-bond acceptors (Lipinski definition) is 1. The maximum absolute atomic E-state index is 10.5. The van der Waals surface area contributed by atoms with Crippen LogP contribution in [0.25, 0.3) is 0 Å². The van der Waals surface area contributed by atoms with E-state index >= 15 is 0 Å². The van der Waals surface area contributed by atoms with Crippen molar-refractivity contribution >= 4 is 0 Å². The van der Waals surface area contributed by atoms with Crippen LogP contribution in [0.15, 0.2) is 0 Å². The number of nitrogens with zero attached hydrogens (tertiary/aromatic N) is 2. The highest BCUT2D eigenvalue weighted by atomic mass is 16.3. The molecule has 19 heavy (non-hydrogen) atoms. The average molecular weight is 270 g/mol. The number of piperidine rings is 2. The summed E-state index contributed by atoms with van der Waals surface area (Å²) in [7, 11) is 4.66. The van der Waals surface area contributed by atoms with Gasteiger partial charge in [-0.2, -0.15) is 0 Å². The molecule has 2 heterocycles. The summed E-state index contributed by atoms with van der Waals surface area (Å²) in [5.41, 5.74) is 0. The number of quaternary nitrogens is 2. The molecule has 0 aromatic carbocycles. The number of rotatable bonds is 5. The Balaban J connectivity index is 1.72. The van der Waals surface area contributed by atoms with Crippen molar-refractivity contribution in [1.29, 1.82) is 0 Å². The first-order valence-electron chi connectivity index (χ1n) is 8.40. The van der Waals surface area contributed by atoms with Gasteiger partial charge in [-0.3, -0.25) is 0 Å². The minimum Gasteiger partial charge on any atom is -0.345 e. The molecule has 0 spiro atoms. The predicted octanol–water partition coefficient (Wildman–Crippen LogP) is 2.35. The van der Waals surface area contributed by atoms with Gasteiger partial charge in [-0.25, -0.2) is 0 Å².